The van der Waals surface area contributed by atoms with Crippen molar-refractivity contribution in [2.45, 2.75) is 12.1 Å². The van der Waals surface area contributed by atoms with E-state index in [4.69, 9.17) is 15.3 Å². The summed E-state index contributed by atoms with van der Waals surface area (Å²) >= 11 is 1.11. The predicted octanol–water partition coefficient (Wildman–Crippen LogP) is 1.73. The minimum Gasteiger partial charge on any atom is -0.507 e. The summed E-state index contributed by atoms with van der Waals surface area (Å²) in [6.45, 7) is 1.97. The van der Waals surface area contributed by atoms with Crippen LogP contribution in [-0.4, -0.2) is 44.1 Å². The van der Waals surface area contributed by atoms with Crippen molar-refractivity contribution < 1.29 is 19.4 Å². The van der Waals surface area contributed by atoms with Crippen LogP contribution in [0.3, 0.4) is 0 Å². The third-order valence-electron chi connectivity index (χ3n) is 4.28. The van der Waals surface area contributed by atoms with Gasteiger partial charge < -0.3 is 20.4 Å². The van der Waals surface area contributed by atoms with Crippen LogP contribution < -0.4 is 20.7 Å². The number of fused-ring (bicyclic) bond motifs is 1. The molecule has 10 nitrogen and oxygen atoms in total. The molecule has 11 heteroatoms. The topological polar surface area (TPSA) is 137 Å². The molecule has 1 aliphatic heterocycles. The van der Waals surface area contributed by atoms with E-state index in [1.165, 1.54) is 10.7 Å². The Morgan fingerprint density at radius 1 is 1.27 bits per heavy atom. The highest BCUT2D eigenvalue weighted by molar-refractivity contribution is 7.99. The summed E-state index contributed by atoms with van der Waals surface area (Å²) in [6.07, 6.45) is 0. The van der Waals surface area contributed by atoms with E-state index in [1.807, 2.05) is 6.07 Å². The zero-order chi connectivity index (χ0) is 21.1. The van der Waals surface area contributed by atoms with Gasteiger partial charge in [0.05, 0.1) is 17.0 Å². The number of amides is 1. The van der Waals surface area contributed by atoms with Gasteiger partial charge in [-0.1, -0.05) is 23.9 Å². The summed E-state index contributed by atoms with van der Waals surface area (Å²) in [7, 11) is 0. The smallest absolute Gasteiger partial charge is 0.250 e. The monoisotopic (exact) mass is 426 g/mol. The number of phenols is 1. The highest BCUT2D eigenvalue weighted by Gasteiger charge is 2.16. The second kappa shape index (κ2) is 8.33. The Labute approximate surface area is 175 Å². The molecular formula is C19H18N6O4S. The van der Waals surface area contributed by atoms with Gasteiger partial charge in [-0.05, 0) is 37.3 Å². The first-order valence-electron chi connectivity index (χ1n) is 8.87. The molecule has 0 unspecified atom stereocenters. The number of aromatic nitrogens is 3. The number of rotatable bonds is 6. The van der Waals surface area contributed by atoms with Gasteiger partial charge >= 0.3 is 0 Å². The Bertz CT molecular complexity index is 1130. The van der Waals surface area contributed by atoms with Gasteiger partial charge in [-0.2, -0.15) is 5.10 Å². The van der Waals surface area contributed by atoms with Crippen molar-refractivity contribution in [2.75, 3.05) is 18.4 Å². The second-order valence-electron chi connectivity index (χ2n) is 6.28. The lowest BCUT2D eigenvalue weighted by Gasteiger charge is -2.05. The highest BCUT2D eigenvalue weighted by atomic mass is 32.2. The molecule has 4 rings (SSSR count). The largest absolute Gasteiger partial charge is 0.507 e. The van der Waals surface area contributed by atoms with Crippen LogP contribution in [0.15, 0.2) is 52.7 Å². The molecular weight excluding hydrogens is 408 g/mol. The number of hydrogen-bond acceptors (Lipinski definition) is 9. The molecule has 0 saturated carbocycles. The van der Waals surface area contributed by atoms with Gasteiger partial charge in [0.25, 0.3) is 5.91 Å². The van der Waals surface area contributed by atoms with E-state index in [0.717, 1.165) is 17.3 Å². The standard InChI is InChI=1S/C19H18N6O4S/c1-11(12-6-7-15-16(8-12)29-10-28-15)21-22-17(27)9-30-19-24-23-18(25(19)20)13-4-2-3-5-14(13)26/h2-8,26H,9-10,20H2,1H3,(H,22,27). The van der Waals surface area contributed by atoms with Crippen molar-refractivity contribution >= 4 is 23.4 Å². The second-order valence-corrected chi connectivity index (χ2v) is 7.22. The first kappa shape index (κ1) is 19.6. The number of nitrogens with one attached hydrogen (secondary N) is 1. The van der Waals surface area contributed by atoms with E-state index in [9.17, 15) is 9.90 Å². The van der Waals surface area contributed by atoms with Gasteiger partial charge in [-0.3, -0.25) is 4.79 Å². The summed E-state index contributed by atoms with van der Waals surface area (Å²) < 4.78 is 11.9. The van der Waals surface area contributed by atoms with E-state index in [2.05, 4.69) is 20.7 Å². The van der Waals surface area contributed by atoms with Crippen molar-refractivity contribution in [3.8, 4) is 28.6 Å². The number of hydrogen-bond donors (Lipinski definition) is 3. The molecule has 1 aliphatic rings. The Balaban J connectivity index is 1.36. The van der Waals surface area contributed by atoms with E-state index in [0.29, 0.717) is 33.8 Å². The van der Waals surface area contributed by atoms with Crippen molar-refractivity contribution in [3.05, 3.63) is 48.0 Å². The van der Waals surface area contributed by atoms with Gasteiger partial charge in [0.15, 0.2) is 17.3 Å². The van der Waals surface area contributed by atoms with Crippen LogP contribution >= 0.6 is 11.8 Å². The molecule has 0 aliphatic carbocycles. The average molecular weight is 426 g/mol. The molecule has 0 bridgehead atoms. The molecule has 0 saturated heterocycles. The third-order valence-corrected chi connectivity index (χ3v) is 5.22. The lowest BCUT2D eigenvalue weighted by atomic mass is 10.1. The van der Waals surface area contributed by atoms with Crippen LogP contribution in [0.25, 0.3) is 11.4 Å². The number of carbonyl (C=O) groups is 1. The number of thioether (sulfide) groups is 1. The molecule has 2 heterocycles. The minimum atomic E-state index is -0.327. The molecule has 0 radical (unpaired) electrons. The maximum atomic E-state index is 12.2. The summed E-state index contributed by atoms with van der Waals surface area (Å²) in [5, 5.41) is 22.4. The van der Waals surface area contributed by atoms with Crippen LogP contribution in [0.1, 0.15) is 12.5 Å². The van der Waals surface area contributed by atoms with E-state index in [-0.39, 0.29) is 24.2 Å². The first-order chi connectivity index (χ1) is 14.5. The summed E-state index contributed by atoms with van der Waals surface area (Å²) in [6, 6.07) is 12.1. The summed E-state index contributed by atoms with van der Waals surface area (Å²) in [4.78, 5) is 12.2. The van der Waals surface area contributed by atoms with Crippen molar-refractivity contribution in [1.29, 1.82) is 0 Å². The number of para-hydroxylation sites is 1. The Hall–Kier alpha value is -3.73. The molecule has 30 heavy (non-hydrogen) atoms. The molecule has 1 aromatic heterocycles. The lowest BCUT2D eigenvalue weighted by Crippen LogP contribution is -2.22. The number of nitrogens with two attached hydrogens (primary N) is 1. The normalized spacial score (nSPS) is 12.8. The maximum Gasteiger partial charge on any atom is 0.250 e. The van der Waals surface area contributed by atoms with Crippen LogP contribution in [0.4, 0.5) is 0 Å². The molecule has 0 spiro atoms. The quantitative estimate of drug-likeness (QED) is 0.235. The zero-order valence-electron chi connectivity index (χ0n) is 15.9. The van der Waals surface area contributed by atoms with Crippen molar-refractivity contribution in [3.63, 3.8) is 0 Å². The Kier molecular flexibility index (Phi) is 5.44. The lowest BCUT2D eigenvalue weighted by molar-refractivity contribution is -0.118. The highest BCUT2D eigenvalue weighted by Crippen LogP contribution is 2.32. The fourth-order valence-electron chi connectivity index (χ4n) is 2.72. The van der Waals surface area contributed by atoms with Gasteiger partial charge in [0.1, 0.15) is 5.75 Å². The van der Waals surface area contributed by atoms with Crippen molar-refractivity contribution in [1.82, 2.24) is 20.3 Å². The first-order valence-corrected chi connectivity index (χ1v) is 9.86. The fourth-order valence-corrected chi connectivity index (χ4v) is 3.37. The van der Waals surface area contributed by atoms with Crippen LogP contribution in [-0.2, 0) is 4.79 Å². The number of nitrogens with zero attached hydrogens (tertiary/aromatic N) is 4. The van der Waals surface area contributed by atoms with E-state index < -0.39 is 0 Å². The van der Waals surface area contributed by atoms with Crippen LogP contribution in [0.2, 0.25) is 0 Å². The van der Waals surface area contributed by atoms with E-state index >= 15 is 0 Å². The summed E-state index contributed by atoms with van der Waals surface area (Å²) in [5.74, 6) is 7.39. The summed E-state index contributed by atoms with van der Waals surface area (Å²) in [5.41, 5.74) is 4.38. The number of aromatic hydroxyl groups is 1. The number of nitrogen functional groups attached to an aromatic ring is 1. The Morgan fingerprint density at radius 2 is 2.07 bits per heavy atom. The molecule has 4 N–H and O–H groups in total. The van der Waals surface area contributed by atoms with Crippen molar-refractivity contribution in [2.24, 2.45) is 5.10 Å². The fraction of sp³-hybridized carbons (Fsp3) is 0.158. The molecule has 0 fully saturated rings. The van der Waals surface area contributed by atoms with Gasteiger partial charge in [-0.15, -0.1) is 10.2 Å². The average Bonchev–Trinajstić information content (AvgIpc) is 3.36. The van der Waals surface area contributed by atoms with Gasteiger partial charge in [0, 0.05) is 5.56 Å². The number of hydrazone groups is 1. The maximum absolute atomic E-state index is 12.2. The number of benzene rings is 2. The molecule has 3 aromatic rings. The van der Waals surface area contributed by atoms with E-state index in [1.54, 1.807) is 37.3 Å². The minimum absolute atomic E-state index is 0.0357. The molecule has 1 amide bonds. The molecule has 2 aromatic carbocycles. The number of carbonyl (C=O) groups excluding carboxylic acids is 1. The van der Waals surface area contributed by atoms with Crippen LogP contribution in [0.5, 0.6) is 17.2 Å². The number of ether oxygens (including phenoxy) is 2. The zero-order valence-corrected chi connectivity index (χ0v) is 16.7. The number of phenolic OH excluding ortho intramolecular Hbond substituents is 1. The molecule has 0 atom stereocenters. The Morgan fingerprint density at radius 3 is 2.90 bits per heavy atom. The third kappa shape index (κ3) is 4.01. The molecule has 154 valence electrons. The van der Waals surface area contributed by atoms with Gasteiger partial charge in [-0.25, -0.2) is 10.1 Å². The predicted molar refractivity (Wildman–Crippen MR) is 111 cm³/mol. The SMILES string of the molecule is CC(=NNC(=O)CSc1nnc(-c2ccccc2O)n1N)c1ccc2c(c1)OCO2. The van der Waals surface area contributed by atoms with Crippen LogP contribution in [0, 0.1) is 0 Å². The van der Waals surface area contributed by atoms with Gasteiger partial charge in [0.2, 0.25) is 11.9 Å².